The van der Waals surface area contributed by atoms with Crippen molar-refractivity contribution in [2.45, 2.75) is 20.8 Å². The molecule has 0 aliphatic heterocycles. The molecule has 0 aliphatic carbocycles. The first-order chi connectivity index (χ1) is 5.59. The second-order valence-corrected chi connectivity index (χ2v) is 2.48. The van der Waals surface area contributed by atoms with E-state index in [-0.39, 0.29) is 11.6 Å². The first kappa shape index (κ1) is 10.9. The molecule has 3 heteroatoms. The van der Waals surface area contributed by atoms with Crippen molar-refractivity contribution in [2.75, 3.05) is 6.61 Å². The van der Waals surface area contributed by atoms with Crippen molar-refractivity contribution in [3.05, 3.63) is 12.3 Å². The van der Waals surface area contributed by atoms with Crippen molar-refractivity contribution >= 4 is 11.6 Å². The molecule has 0 atom stereocenters. The number of carbonyl (C=O) groups excluding carboxylic acids is 2. The van der Waals surface area contributed by atoms with E-state index in [1.165, 1.54) is 26.2 Å². The van der Waals surface area contributed by atoms with Crippen LogP contribution >= 0.6 is 0 Å². The Morgan fingerprint density at radius 1 is 1.33 bits per heavy atom. The van der Waals surface area contributed by atoms with Gasteiger partial charge in [0.2, 0.25) is 0 Å². The second kappa shape index (κ2) is 5.52. The summed E-state index contributed by atoms with van der Waals surface area (Å²) in [5.74, 6) is -0.951. The second-order valence-electron chi connectivity index (χ2n) is 2.48. The molecule has 0 saturated heterocycles. The molecule has 0 aliphatic rings. The summed E-state index contributed by atoms with van der Waals surface area (Å²) in [7, 11) is 0. The highest BCUT2D eigenvalue weighted by Gasteiger charge is 2.15. The van der Waals surface area contributed by atoms with Gasteiger partial charge in [-0.1, -0.05) is 0 Å². The number of carbonyl (C=O) groups is 2. The molecule has 0 bridgehead atoms. The van der Waals surface area contributed by atoms with Gasteiger partial charge in [0.15, 0.2) is 0 Å². The van der Waals surface area contributed by atoms with Gasteiger partial charge in [-0.05, 0) is 26.8 Å². The molecular weight excluding hydrogens is 156 g/mol. The molecule has 0 fully saturated rings. The molecule has 0 saturated carbocycles. The largest absolute Gasteiger partial charge is 0.502 e. The Morgan fingerprint density at radius 3 is 2.17 bits per heavy atom. The number of ether oxygens (including phenoxy) is 1. The van der Waals surface area contributed by atoms with E-state index in [0.29, 0.717) is 6.61 Å². The van der Waals surface area contributed by atoms with E-state index < -0.39 is 5.92 Å². The fourth-order valence-electron chi connectivity index (χ4n) is 0.788. The topological polar surface area (TPSA) is 43.4 Å². The average molecular weight is 170 g/mol. The van der Waals surface area contributed by atoms with E-state index in [9.17, 15) is 9.59 Å². The van der Waals surface area contributed by atoms with E-state index in [2.05, 4.69) is 0 Å². The molecular formula is C9H14O3. The Labute approximate surface area is 72.4 Å². The molecule has 0 aromatic carbocycles. The third-order valence-corrected chi connectivity index (χ3v) is 1.41. The molecule has 0 N–H and O–H groups in total. The lowest BCUT2D eigenvalue weighted by Gasteiger charge is -2.02. The number of hydrogen-bond acceptors (Lipinski definition) is 3. The van der Waals surface area contributed by atoms with Crippen LogP contribution in [0.2, 0.25) is 0 Å². The van der Waals surface area contributed by atoms with Crippen molar-refractivity contribution < 1.29 is 14.3 Å². The molecule has 0 aromatic rings. The summed E-state index contributed by atoms with van der Waals surface area (Å²) in [6.07, 6.45) is 2.88. The predicted octanol–water partition coefficient (Wildman–Crippen LogP) is 1.33. The van der Waals surface area contributed by atoms with Crippen molar-refractivity contribution in [3.8, 4) is 0 Å². The van der Waals surface area contributed by atoms with Crippen LogP contribution in [0.3, 0.4) is 0 Å². The molecule has 0 aromatic heterocycles. The minimum absolute atomic E-state index is 0.154. The van der Waals surface area contributed by atoms with Gasteiger partial charge in [-0.15, -0.1) is 0 Å². The van der Waals surface area contributed by atoms with Gasteiger partial charge in [0.1, 0.15) is 11.6 Å². The van der Waals surface area contributed by atoms with Crippen molar-refractivity contribution in [2.24, 2.45) is 5.92 Å². The van der Waals surface area contributed by atoms with Crippen LogP contribution in [-0.4, -0.2) is 18.2 Å². The first-order valence-electron chi connectivity index (χ1n) is 3.88. The van der Waals surface area contributed by atoms with Crippen molar-refractivity contribution in [1.29, 1.82) is 0 Å². The summed E-state index contributed by atoms with van der Waals surface area (Å²) in [6.45, 7) is 5.16. The monoisotopic (exact) mass is 170 g/mol. The maximum atomic E-state index is 10.9. The van der Waals surface area contributed by atoms with Crippen LogP contribution in [0.5, 0.6) is 0 Å². The molecule has 3 nitrogen and oxygen atoms in total. The van der Waals surface area contributed by atoms with E-state index >= 15 is 0 Å². The van der Waals surface area contributed by atoms with Gasteiger partial charge < -0.3 is 4.74 Å². The summed E-state index contributed by atoms with van der Waals surface area (Å²) in [5.41, 5.74) is 0. The third kappa shape index (κ3) is 3.91. The summed E-state index contributed by atoms with van der Waals surface area (Å²) in [6, 6.07) is 0. The van der Waals surface area contributed by atoms with Gasteiger partial charge in [-0.2, -0.15) is 0 Å². The minimum atomic E-state index is -0.642. The Bertz CT molecular complexity index is 180. The summed E-state index contributed by atoms with van der Waals surface area (Å²) in [4.78, 5) is 21.7. The van der Waals surface area contributed by atoms with E-state index in [0.717, 1.165) is 0 Å². The van der Waals surface area contributed by atoms with Crippen LogP contribution in [0.25, 0.3) is 0 Å². The zero-order valence-corrected chi connectivity index (χ0v) is 7.66. The predicted molar refractivity (Wildman–Crippen MR) is 45.6 cm³/mol. The van der Waals surface area contributed by atoms with Crippen LogP contribution in [0, 0.1) is 5.92 Å². The molecule has 0 heterocycles. The van der Waals surface area contributed by atoms with E-state index in [1.54, 1.807) is 0 Å². The number of Topliss-reactive ketones (excluding diaryl/α,β-unsaturated/α-hetero) is 2. The number of allylic oxidation sites excluding steroid dienone is 1. The Morgan fingerprint density at radius 2 is 1.83 bits per heavy atom. The van der Waals surface area contributed by atoms with Crippen LogP contribution in [0.15, 0.2) is 12.3 Å². The van der Waals surface area contributed by atoms with Gasteiger partial charge in [0, 0.05) is 0 Å². The zero-order chi connectivity index (χ0) is 9.56. The zero-order valence-electron chi connectivity index (χ0n) is 7.66. The van der Waals surface area contributed by atoms with Crippen LogP contribution in [0.1, 0.15) is 20.8 Å². The summed E-state index contributed by atoms with van der Waals surface area (Å²) < 4.78 is 4.88. The Balaban J connectivity index is 4.14. The van der Waals surface area contributed by atoms with Crippen molar-refractivity contribution in [1.82, 2.24) is 0 Å². The number of ketones is 2. The highest BCUT2D eigenvalue weighted by atomic mass is 16.5. The lowest BCUT2D eigenvalue weighted by Crippen LogP contribution is -2.16. The minimum Gasteiger partial charge on any atom is -0.502 e. The highest BCUT2D eigenvalue weighted by molar-refractivity contribution is 6.01. The smallest absolute Gasteiger partial charge is 0.144 e. The quantitative estimate of drug-likeness (QED) is 0.462. The van der Waals surface area contributed by atoms with Gasteiger partial charge in [-0.25, -0.2) is 0 Å². The van der Waals surface area contributed by atoms with Crippen molar-refractivity contribution in [3.63, 3.8) is 0 Å². The van der Waals surface area contributed by atoms with E-state index in [1.807, 2.05) is 6.92 Å². The highest BCUT2D eigenvalue weighted by Crippen LogP contribution is 2.02. The fourth-order valence-corrected chi connectivity index (χ4v) is 0.788. The Kier molecular flexibility index (Phi) is 5.00. The van der Waals surface area contributed by atoms with E-state index in [4.69, 9.17) is 4.74 Å². The molecule has 0 spiro atoms. The molecule has 0 amide bonds. The molecule has 0 unspecified atom stereocenters. The van der Waals surface area contributed by atoms with Gasteiger partial charge in [-0.3, -0.25) is 9.59 Å². The molecule has 0 rings (SSSR count). The number of hydrogen-bond donors (Lipinski definition) is 0. The summed E-state index contributed by atoms with van der Waals surface area (Å²) in [5, 5.41) is 0. The molecule has 0 radical (unpaired) electrons. The molecule has 12 heavy (non-hydrogen) atoms. The Hall–Kier alpha value is -1.12. The van der Waals surface area contributed by atoms with Gasteiger partial charge in [0.25, 0.3) is 0 Å². The lowest BCUT2D eigenvalue weighted by molar-refractivity contribution is -0.128. The average Bonchev–Trinajstić information content (AvgIpc) is 1.96. The normalized spacial score (nSPS) is 10.7. The molecule has 68 valence electrons. The number of rotatable bonds is 5. The van der Waals surface area contributed by atoms with Crippen LogP contribution in [0.4, 0.5) is 0 Å². The SMILES string of the molecule is CCOC=CC(C(C)=O)C(C)=O. The van der Waals surface area contributed by atoms with Crippen LogP contribution < -0.4 is 0 Å². The van der Waals surface area contributed by atoms with Gasteiger partial charge in [0.05, 0.1) is 18.8 Å². The summed E-state index contributed by atoms with van der Waals surface area (Å²) >= 11 is 0. The first-order valence-corrected chi connectivity index (χ1v) is 3.88. The maximum absolute atomic E-state index is 10.9. The van der Waals surface area contributed by atoms with Gasteiger partial charge >= 0.3 is 0 Å². The third-order valence-electron chi connectivity index (χ3n) is 1.41. The maximum Gasteiger partial charge on any atom is 0.144 e. The lowest BCUT2D eigenvalue weighted by atomic mass is 10.0. The standard InChI is InChI=1S/C9H14O3/c1-4-12-6-5-9(7(2)10)8(3)11/h5-6,9H,4H2,1-3H3. The fraction of sp³-hybridized carbons (Fsp3) is 0.556. The van der Waals surface area contributed by atoms with Crippen LogP contribution in [-0.2, 0) is 14.3 Å².